The van der Waals surface area contributed by atoms with Gasteiger partial charge >= 0.3 is 0 Å². The highest BCUT2D eigenvalue weighted by Crippen LogP contribution is 2.33. The van der Waals surface area contributed by atoms with E-state index in [1.54, 1.807) is 7.11 Å². The number of benzene rings is 2. The number of hydrogen-bond acceptors (Lipinski definition) is 2. The van der Waals surface area contributed by atoms with Crippen LogP contribution < -0.4 is 4.74 Å². The molecule has 0 aromatic heterocycles. The van der Waals surface area contributed by atoms with Gasteiger partial charge in [0.15, 0.2) is 5.78 Å². The van der Waals surface area contributed by atoms with Crippen LogP contribution in [-0.2, 0) is 6.42 Å². The molecule has 2 aromatic rings. The molecule has 0 amide bonds. The Morgan fingerprint density at radius 3 is 2.57 bits per heavy atom. The molecule has 0 saturated carbocycles. The van der Waals surface area contributed by atoms with Gasteiger partial charge in [0, 0.05) is 11.5 Å². The monoisotopic (exact) mass is 280 g/mol. The molecule has 1 unspecified atom stereocenters. The highest BCUT2D eigenvalue weighted by Gasteiger charge is 2.26. The van der Waals surface area contributed by atoms with Gasteiger partial charge in [-0.2, -0.15) is 0 Å². The van der Waals surface area contributed by atoms with Gasteiger partial charge in [0.1, 0.15) is 5.75 Å². The zero-order chi connectivity index (χ0) is 14.8. The van der Waals surface area contributed by atoms with Crippen molar-refractivity contribution in [2.24, 2.45) is 0 Å². The lowest BCUT2D eigenvalue weighted by Gasteiger charge is -2.14. The maximum absolute atomic E-state index is 12.9. The third-order valence-corrected chi connectivity index (χ3v) is 4.31. The third-order valence-electron chi connectivity index (χ3n) is 4.31. The third kappa shape index (κ3) is 2.71. The largest absolute Gasteiger partial charge is 0.497 e. The summed E-state index contributed by atoms with van der Waals surface area (Å²) in [4.78, 5) is 12.9. The second-order valence-electron chi connectivity index (χ2n) is 5.74. The van der Waals surface area contributed by atoms with Crippen LogP contribution in [0.2, 0.25) is 0 Å². The van der Waals surface area contributed by atoms with Gasteiger partial charge in [0.2, 0.25) is 0 Å². The van der Waals surface area contributed by atoms with Gasteiger partial charge in [-0.15, -0.1) is 0 Å². The fraction of sp³-hybridized carbons (Fsp3) is 0.316. The Balaban J connectivity index is 1.98. The van der Waals surface area contributed by atoms with Gasteiger partial charge in [-0.05, 0) is 55.5 Å². The molecule has 1 aliphatic carbocycles. The lowest BCUT2D eigenvalue weighted by Crippen LogP contribution is -2.12. The molecular formula is C19H20O2. The quantitative estimate of drug-likeness (QED) is 0.766. The Morgan fingerprint density at radius 2 is 1.86 bits per heavy atom. The molecule has 1 atom stereocenters. The van der Waals surface area contributed by atoms with Gasteiger partial charge in [0.05, 0.1) is 7.11 Å². The van der Waals surface area contributed by atoms with Crippen LogP contribution in [0.4, 0.5) is 0 Å². The molecule has 0 saturated heterocycles. The molecule has 21 heavy (non-hydrogen) atoms. The molecule has 0 fully saturated rings. The van der Waals surface area contributed by atoms with Crippen LogP contribution in [0.25, 0.3) is 0 Å². The van der Waals surface area contributed by atoms with Gasteiger partial charge in [-0.3, -0.25) is 4.79 Å². The van der Waals surface area contributed by atoms with Gasteiger partial charge in [-0.1, -0.05) is 29.8 Å². The van der Waals surface area contributed by atoms with E-state index in [4.69, 9.17) is 4.74 Å². The number of carbonyl (C=O) groups is 1. The minimum Gasteiger partial charge on any atom is -0.497 e. The van der Waals surface area contributed by atoms with Gasteiger partial charge in [-0.25, -0.2) is 0 Å². The van der Waals surface area contributed by atoms with Crippen molar-refractivity contribution in [3.63, 3.8) is 0 Å². The smallest absolute Gasteiger partial charge is 0.170 e. The van der Waals surface area contributed by atoms with Gasteiger partial charge in [0.25, 0.3) is 0 Å². The van der Waals surface area contributed by atoms with Crippen LogP contribution >= 0.6 is 0 Å². The van der Waals surface area contributed by atoms with Crippen molar-refractivity contribution in [1.29, 1.82) is 0 Å². The topological polar surface area (TPSA) is 26.3 Å². The Hall–Kier alpha value is -2.09. The van der Waals surface area contributed by atoms with Crippen LogP contribution in [-0.4, -0.2) is 12.9 Å². The standard InChI is InChI=1S/C19H20O2/c1-13-6-8-14(9-7-13)17-5-3-4-15-12-16(21-2)10-11-18(15)19(17)20/h6-12,17H,3-5H2,1-2H3. The SMILES string of the molecule is COc1ccc2c(c1)CCCC(c1ccc(C)cc1)C2=O. The number of rotatable bonds is 2. The van der Waals surface area contributed by atoms with Crippen LogP contribution in [0.5, 0.6) is 5.75 Å². The van der Waals surface area contributed by atoms with Crippen LogP contribution in [0.15, 0.2) is 42.5 Å². The Labute approximate surface area is 125 Å². The number of fused-ring (bicyclic) bond motifs is 1. The second kappa shape index (κ2) is 5.72. The molecule has 0 spiro atoms. The first-order valence-corrected chi connectivity index (χ1v) is 7.47. The molecule has 108 valence electrons. The van der Waals surface area contributed by atoms with Crippen molar-refractivity contribution in [3.8, 4) is 5.75 Å². The van der Waals surface area contributed by atoms with Crippen LogP contribution in [0.1, 0.15) is 45.8 Å². The van der Waals surface area contributed by atoms with Crippen molar-refractivity contribution in [3.05, 3.63) is 64.7 Å². The van der Waals surface area contributed by atoms with E-state index >= 15 is 0 Å². The molecule has 0 bridgehead atoms. The molecule has 3 rings (SSSR count). The predicted molar refractivity (Wildman–Crippen MR) is 84.2 cm³/mol. The maximum Gasteiger partial charge on any atom is 0.170 e. The fourth-order valence-electron chi connectivity index (χ4n) is 3.08. The van der Waals surface area contributed by atoms with E-state index in [0.717, 1.165) is 41.7 Å². The van der Waals surface area contributed by atoms with E-state index in [9.17, 15) is 4.79 Å². The van der Waals surface area contributed by atoms with E-state index in [2.05, 4.69) is 31.2 Å². The average molecular weight is 280 g/mol. The van der Waals surface area contributed by atoms with Crippen molar-refractivity contribution in [1.82, 2.24) is 0 Å². The molecule has 0 aliphatic heterocycles. The molecule has 2 aromatic carbocycles. The number of methoxy groups -OCH3 is 1. The lowest BCUT2D eigenvalue weighted by atomic mass is 9.88. The summed E-state index contributed by atoms with van der Waals surface area (Å²) in [5.41, 5.74) is 4.34. The normalized spacial score (nSPS) is 18.0. The van der Waals surface area contributed by atoms with E-state index in [0.29, 0.717) is 0 Å². The fourth-order valence-corrected chi connectivity index (χ4v) is 3.08. The molecule has 2 heteroatoms. The molecule has 0 heterocycles. The Bertz CT molecular complexity index is 656. The van der Waals surface area contributed by atoms with Crippen molar-refractivity contribution >= 4 is 5.78 Å². The van der Waals surface area contributed by atoms with Crippen molar-refractivity contribution < 1.29 is 9.53 Å². The molecule has 1 aliphatic rings. The van der Waals surface area contributed by atoms with Crippen molar-refractivity contribution in [2.45, 2.75) is 32.1 Å². The summed E-state index contributed by atoms with van der Waals surface area (Å²) >= 11 is 0. The van der Waals surface area contributed by atoms with E-state index in [1.807, 2.05) is 18.2 Å². The summed E-state index contributed by atoms with van der Waals surface area (Å²) in [5, 5.41) is 0. The average Bonchev–Trinajstić information content (AvgIpc) is 2.67. The molecular weight excluding hydrogens is 260 g/mol. The first kappa shape index (κ1) is 13.9. The number of ether oxygens (including phenoxy) is 1. The summed E-state index contributed by atoms with van der Waals surface area (Å²) < 4.78 is 5.27. The summed E-state index contributed by atoms with van der Waals surface area (Å²) in [6.45, 7) is 2.07. The highest BCUT2D eigenvalue weighted by molar-refractivity contribution is 6.02. The Morgan fingerprint density at radius 1 is 1.10 bits per heavy atom. The summed E-state index contributed by atoms with van der Waals surface area (Å²) in [6.07, 6.45) is 2.89. The zero-order valence-electron chi connectivity index (χ0n) is 12.6. The number of hydrogen-bond donors (Lipinski definition) is 0. The number of Topliss-reactive ketones (excluding diaryl/α,β-unsaturated/α-hetero) is 1. The second-order valence-corrected chi connectivity index (χ2v) is 5.74. The van der Waals surface area contributed by atoms with E-state index in [1.165, 1.54) is 5.56 Å². The lowest BCUT2D eigenvalue weighted by molar-refractivity contribution is 0.0957. The van der Waals surface area contributed by atoms with Crippen molar-refractivity contribution in [2.75, 3.05) is 7.11 Å². The highest BCUT2D eigenvalue weighted by atomic mass is 16.5. The molecule has 2 nitrogen and oxygen atoms in total. The zero-order valence-corrected chi connectivity index (χ0v) is 12.6. The number of carbonyl (C=O) groups excluding carboxylic acids is 1. The maximum atomic E-state index is 12.9. The van der Waals surface area contributed by atoms with E-state index in [-0.39, 0.29) is 11.7 Å². The predicted octanol–water partition coefficient (Wildman–Crippen LogP) is 4.31. The minimum absolute atomic E-state index is 0.0137. The summed E-state index contributed by atoms with van der Waals surface area (Å²) in [6, 6.07) is 14.2. The minimum atomic E-state index is -0.0137. The number of aryl methyl sites for hydroxylation is 2. The molecule has 0 N–H and O–H groups in total. The molecule has 0 radical (unpaired) electrons. The van der Waals surface area contributed by atoms with Crippen LogP contribution in [0, 0.1) is 6.92 Å². The first-order valence-electron chi connectivity index (χ1n) is 7.47. The number of ketones is 1. The summed E-state index contributed by atoms with van der Waals surface area (Å²) in [7, 11) is 1.66. The first-order chi connectivity index (χ1) is 10.2. The van der Waals surface area contributed by atoms with Gasteiger partial charge < -0.3 is 4.74 Å². The summed E-state index contributed by atoms with van der Waals surface area (Å²) in [5.74, 6) is 1.06. The van der Waals surface area contributed by atoms with Crippen LogP contribution in [0.3, 0.4) is 0 Å². The Kier molecular flexibility index (Phi) is 3.78. The van der Waals surface area contributed by atoms with E-state index < -0.39 is 0 Å².